The zero-order valence-electron chi connectivity index (χ0n) is 21.8. The molecule has 194 valence electrons. The Bertz CT molecular complexity index is 1290. The second-order valence-electron chi connectivity index (χ2n) is 8.87. The van der Waals surface area contributed by atoms with Crippen molar-refractivity contribution in [2.75, 3.05) is 39.8 Å². The number of esters is 1. The highest BCUT2D eigenvalue weighted by Crippen LogP contribution is 2.39. The SMILES string of the molecule is COC(=O)c1ccc(OC[C@H]2c3cc(OC)c(OC)cc3CCN2C(=S)Nc2cccc(C)c2C)cc1. The summed E-state index contributed by atoms with van der Waals surface area (Å²) in [6, 6.07) is 16.9. The van der Waals surface area contributed by atoms with E-state index in [1.807, 2.05) is 24.3 Å². The maximum atomic E-state index is 11.8. The average molecular weight is 521 g/mol. The lowest BCUT2D eigenvalue weighted by molar-refractivity contribution is 0.0600. The molecule has 1 aliphatic heterocycles. The number of nitrogens with one attached hydrogen (secondary N) is 1. The van der Waals surface area contributed by atoms with Crippen LogP contribution in [0.2, 0.25) is 0 Å². The number of fused-ring (bicyclic) bond motifs is 1. The third-order valence-corrected chi connectivity index (χ3v) is 7.13. The van der Waals surface area contributed by atoms with Gasteiger partial charge in [-0.25, -0.2) is 4.79 Å². The minimum atomic E-state index is -0.386. The Morgan fingerprint density at radius 1 is 1.03 bits per heavy atom. The minimum absolute atomic E-state index is 0.172. The van der Waals surface area contributed by atoms with Crippen molar-refractivity contribution in [3.05, 3.63) is 82.4 Å². The molecule has 7 nitrogen and oxygen atoms in total. The van der Waals surface area contributed by atoms with Gasteiger partial charge >= 0.3 is 5.97 Å². The Morgan fingerprint density at radius 2 is 1.73 bits per heavy atom. The Hall–Kier alpha value is -3.78. The van der Waals surface area contributed by atoms with Crippen LogP contribution in [0.25, 0.3) is 0 Å². The number of hydrogen-bond acceptors (Lipinski definition) is 6. The lowest BCUT2D eigenvalue weighted by atomic mass is 9.92. The van der Waals surface area contributed by atoms with Gasteiger partial charge in [0.1, 0.15) is 12.4 Å². The number of methoxy groups -OCH3 is 3. The quantitative estimate of drug-likeness (QED) is 0.324. The second kappa shape index (κ2) is 11.5. The molecular weight excluding hydrogens is 488 g/mol. The smallest absolute Gasteiger partial charge is 0.337 e. The normalized spacial score (nSPS) is 14.4. The lowest BCUT2D eigenvalue weighted by Gasteiger charge is -2.39. The molecule has 37 heavy (non-hydrogen) atoms. The summed E-state index contributed by atoms with van der Waals surface area (Å²) in [5.74, 6) is 1.62. The van der Waals surface area contributed by atoms with Crippen LogP contribution in [0.15, 0.2) is 54.6 Å². The van der Waals surface area contributed by atoms with Gasteiger partial charge in [0.05, 0.1) is 32.9 Å². The summed E-state index contributed by atoms with van der Waals surface area (Å²) in [5, 5.41) is 4.08. The molecule has 0 radical (unpaired) electrons. The molecule has 0 saturated heterocycles. The van der Waals surface area contributed by atoms with Gasteiger partial charge in [-0.1, -0.05) is 12.1 Å². The highest BCUT2D eigenvalue weighted by Gasteiger charge is 2.31. The highest BCUT2D eigenvalue weighted by atomic mass is 32.1. The monoisotopic (exact) mass is 520 g/mol. The first-order valence-corrected chi connectivity index (χ1v) is 12.5. The summed E-state index contributed by atoms with van der Waals surface area (Å²) in [4.78, 5) is 13.9. The van der Waals surface area contributed by atoms with Gasteiger partial charge in [0, 0.05) is 12.2 Å². The Morgan fingerprint density at radius 3 is 2.41 bits per heavy atom. The predicted octanol–water partition coefficient (Wildman–Crippen LogP) is 5.48. The third-order valence-electron chi connectivity index (χ3n) is 6.79. The standard InChI is InChI=1S/C29H32N2O5S/c1-18-7-6-8-24(19(18)2)30-29(37)31-14-13-21-15-26(33-3)27(34-4)16-23(21)25(31)17-36-22-11-9-20(10-12-22)28(32)35-5/h6-12,15-16,25H,13-14,17H2,1-5H3,(H,30,37)/t25-/m0/s1. The largest absolute Gasteiger partial charge is 0.493 e. The minimum Gasteiger partial charge on any atom is -0.493 e. The van der Waals surface area contributed by atoms with Crippen LogP contribution in [0.4, 0.5) is 5.69 Å². The van der Waals surface area contributed by atoms with E-state index in [0.29, 0.717) is 41.1 Å². The van der Waals surface area contributed by atoms with Gasteiger partial charge in [-0.05, 0) is 97.2 Å². The van der Waals surface area contributed by atoms with Crippen LogP contribution in [0.1, 0.15) is 38.7 Å². The molecule has 8 heteroatoms. The van der Waals surface area contributed by atoms with Crippen LogP contribution in [-0.4, -0.2) is 50.5 Å². The molecule has 1 N–H and O–H groups in total. The molecule has 1 aliphatic rings. The summed E-state index contributed by atoms with van der Waals surface area (Å²) in [6.45, 7) is 5.23. The van der Waals surface area contributed by atoms with Crippen LogP contribution in [0.3, 0.4) is 0 Å². The number of carbonyl (C=O) groups excluding carboxylic acids is 1. The van der Waals surface area contributed by atoms with Crippen molar-refractivity contribution in [1.29, 1.82) is 0 Å². The van der Waals surface area contributed by atoms with E-state index in [0.717, 1.165) is 28.8 Å². The van der Waals surface area contributed by atoms with Crippen LogP contribution in [0.5, 0.6) is 17.2 Å². The van der Waals surface area contributed by atoms with Gasteiger partial charge in [0.2, 0.25) is 0 Å². The van der Waals surface area contributed by atoms with E-state index in [4.69, 9.17) is 31.2 Å². The first-order valence-electron chi connectivity index (χ1n) is 12.1. The number of rotatable bonds is 7. The van der Waals surface area contributed by atoms with Crippen molar-refractivity contribution in [1.82, 2.24) is 4.90 Å². The number of nitrogens with zero attached hydrogens (tertiary/aromatic N) is 1. The number of thiocarbonyl (C=S) groups is 1. The van der Waals surface area contributed by atoms with Crippen molar-refractivity contribution in [3.8, 4) is 17.2 Å². The van der Waals surface area contributed by atoms with E-state index >= 15 is 0 Å². The lowest BCUT2D eigenvalue weighted by Crippen LogP contribution is -2.44. The van der Waals surface area contributed by atoms with E-state index in [-0.39, 0.29) is 12.0 Å². The second-order valence-corrected chi connectivity index (χ2v) is 9.26. The number of benzene rings is 3. The van der Waals surface area contributed by atoms with E-state index in [1.165, 1.54) is 12.7 Å². The molecule has 0 fully saturated rings. The molecule has 0 spiro atoms. The van der Waals surface area contributed by atoms with Crippen LogP contribution in [-0.2, 0) is 11.2 Å². The maximum absolute atomic E-state index is 11.8. The Balaban J connectivity index is 1.63. The number of hydrogen-bond donors (Lipinski definition) is 1. The van der Waals surface area contributed by atoms with Crippen LogP contribution < -0.4 is 19.5 Å². The molecule has 0 unspecified atom stereocenters. The molecule has 1 atom stereocenters. The number of aryl methyl sites for hydroxylation is 1. The van der Waals surface area contributed by atoms with Crippen LogP contribution >= 0.6 is 12.2 Å². The first kappa shape index (κ1) is 26.3. The fraction of sp³-hybridized carbons (Fsp3) is 0.310. The van der Waals surface area contributed by atoms with Gasteiger partial charge in [-0.15, -0.1) is 0 Å². The molecule has 4 rings (SSSR count). The predicted molar refractivity (Wildman–Crippen MR) is 148 cm³/mol. The molecule has 1 heterocycles. The van der Waals surface area contributed by atoms with Gasteiger partial charge in [-0.2, -0.15) is 0 Å². The molecule has 0 aliphatic carbocycles. The van der Waals surface area contributed by atoms with Gasteiger partial charge in [0.25, 0.3) is 0 Å². The molecule has 3 aromatic rings. The van der Waals surface area contributed by atoms with Gasteiger partial charge in [0.15, 0.2) is 16.6 Å². The highest BCUT2D eigenvalue weighted by molar-refractivity contribution is 7.80. The van der Waals surface area contributed by atoms with Crippen molar-refractivity contribution in [3.63, 3.8) is 0 Å². The first-order chi connectivity index (χ1) is 17.9. The molecule has 0 saturated carbocycles. The zero-order valence-corrected chi connectivity index (χ0v) is 22.6. The Kier molecular flexibility index (Phi) is 8.18. The van der Waals surface area contributed by atoms with E-state index < -0.39 is 0 Å². The average Bonchev–Trinajstić information content (AvgIpc) is 2.93. The van der Waals surface area contributed by atoms with Gasteiger partial charge in [-0.3, -0.25) is 0 Å². The molecular formula is C29H32N2O5S. The number of ether oxygens (including phenoxy) is 4. The molecule has 0 amide bonds. The van der Waals surface area contributed by atoms with E-state index in [2.05, 4.69) is 30.1 Å². The van der Waals surface area contributed by atoms with E-state index in [1.54, 1.807) is 38.5 Å². The van der Waals surface area contributed by atoms with Crippen molar-refractivity contribution >= 4 is 29.0 Å². The van der Waals surface area contributed by atoms with Crippen molar-refractivity contribution in [2.24, 2.45) is 0 Å². The summed E-state index contributed by atoms with van der Waals surface area (Å²) in [7, 11) is 4.63. The van der Waals surface area contributed by atoms with Crippen molar-refractivity contribution < 1.29 is 23.7 Å². The maximum Gasteiger partial charge on any atom is 0.337 e. The topological polar surface area (TPSA) is 69.3 Å². The fourth-order valence-electron chi connectivity index (χ4n) is 4.50. The molecule has 0 bridgehead atoms. The number of carbonyl (C=O) groups is 1. The van der Waals surface area contributed by atoms with E-state index in [9.17, 15) is 4.79 Å². The number of anilines is 1. The van der Waals surface area contributed by atoms with Gasteiger partial charge < -0.3 is 29.2 Å². The summed E-state index contributed by atoms with van der Waals surface area (Å²) in [5.41, 5.74) is 6.05. The summed E-state index contributed by atoms with van der Waals surface area (Å²) in [6.07, 6.45) is 0.800. The van der Waals surface area contributed by atoms with Crippen molar-refractivity contribution in [2.45, 2.75) is 26.3 Å². The summed E-state index contributed by atoms with van der Waals surface area (Å²) >= 11 is 5.92. The van der Waals surface area contributed by atoms with Crippen LogP contribution in [0, 0.1) is 13.8 Å². The fourth-order valence-corrected chi connectivity index (χ4v) is 4.83. The zero-order chi connectivity index (χ0) is 26.5. The Labute approximate surface area is 223 Å². The molecule has 3 aromatic carbocycles. The molecule has 0 aromatic heterocycles. The summed E-state index contributed by atoms with van der Waals surface area (Å²) < 4.78 is 22.1. The third kappa shape index (κ3) is 5.64.